The van der Waals surface area contributed by atoms with Gasteiger partial charge in [0.15, 0.2) is 6.61 Å². The van der Waals surface area contributed by atoms with E-state index in [0.717, 1.165) is 18.4 Å². The summed E-state index contributed by atoms with van der Waals surface area (Å²) in [4.78, 5) is 22.9. The van der Waals surface area contributed by atoms with E-state index in [1.165, 1.54) is 0 Å². The highest BCUT2D eigenvalue weighted by Gasteiger charge is 2.31. The topological polar surface area (TPSA) is 94.3 Å². The number of rotatable bonds is 5. The van der Waals surface area contributed by atoms with Gasteiger partial charge in [-0.15, -0.1) is 5.10 Å². The lowest BCUT2D eigenvalue weighted by Gasteiger charge is -2.02. The van der Waals surface area contributed by atoms with Gasteiger partial charge in [0.25, 0.3) is 5.91 Å². The van der Waals surface area contributed by atoms with Crippen molar-refractivity contribution in [1.29, 1.82) is 0 Å². The van der Waals surface area contributed by atoms with Gasteiger partial charge in [0.05, 0.1) is 5.92 Å². The first-order valence-corrected chi connectivity index (χ1v) is 6.58. The molecule has 7 nitrogen and oxygen atoms in total. The van der Waals surface area contributed by atoms with E-state index in [0.29, 0.717) is 5.89 Å². The molecule has 1 fully saturated rings. The largest absolute Gasteiger partial charge is 0.455 e. The van der Waals surface area contributed by atoms with E-state index >= 15 is 0 Å². The van der Waals surface area contributed by atoms with Gasteiger partial charge < -0.3 is 9.15 Å². The number of carbonyl (C=O) groups excluding carboxylic acids is 2. The van der Waals surface area contributed by atoms with Crippen molar-refractivity contribution in [2.45, 2.75) is 12.8 Å². The van der Waals surface area contributed by atoms with Gasteiger partial charge in [0, 0.05) is 5.56 Å². The molecule has 0 spiro atoms. The standard InChI is InChI=1S/C14H13N3O4/c18-11(8-20-13(19)10-6-7-10)15-14-17-16-12(21-14)9-4-2-1-3-5-9/h1-5,10H,6-8H2,(H,15,17,18). The van der Waals surface area contributed by atoms with Crippen LogP contribution in [0, 0.1) is 5.92 Å². The Morgan fingerprint density at radius 1 is 1.24 bits per heavy atom. The molecule has 108 valence electrons. The number of anilines is 1. The molecule has 1 aliphatic rings. The Hall–Kier alpha value is -2.70. The predicted molar refractivity (Wildman–Crippen MR) is 72.0 cm³/mol. The number of nitrogens with one attached hydrogen (secondary N) is 1. The number of ether oxygens (including phenoxy) is 1. The Labute approximate surface area is 120 Å². The maximum atomic E-state index is 11.6. The van der Waals surface area contributed by atoms with Crippen molar-refractivity contribution in [1.82, 2.24) is 10.2 Å². The van der Waals surface area contributed by atoms with Gasteiger partial charge in [-0.1, -0.05) is 23.3 Å². The lowest BCUT2D eigenvalue weighted by Crippen LogP contribution is -2.21. The summed E-state index contributed by atoms with van der Waals surface area (Å²) in [6, 6.07) is 9.16. The number of aromatic nitrogens is 2. The molecular weight excluding hydrogens is 274 g/mol. The summed E-state index contributed by atoms with van der Waals surface area (Å²) in [6.07, 6.45) is 1.68. The summed E-state index contributed by atoms with van der Waals surface area (Å²) in [5.74, 6) is -0.570. The van der Waals surface area contributed by atoms with Crippen LogP contribution in [-0.4, -0.2) is 28.7 Å². The van der Waals surface area contributed by atoms with Gasteiger partial charge in [0.1, 0.15) is 0 Å². The second kappa shape index (κ2) is 5.74. The van der Waals surface area contributed by atoms with Crippen LogP contribution in [0.2, 0.25) is 0 Å². The fourth-order valence-electron chi connectivity index (χ4n) is 1.70. The third kappa shape index (κ3) is 3.44. The second-order valence-corrected chi connectivity index (χ2v) is 4.71. The Kier molecular flexibility index (Phi) is 3.63. The van der Waals surface area contributed by atoms with Gasteiger partial charge in [-0.3, -0.25) is 14.9 Å². The van der Waals surface area contributed by atoms with Crippen molar-refractivity contribution in [3.8, 4) is 11.5 Å². The van der Waals surface area contributed by atoms with E-state index in [1.54, 1.807) is 0 Å². The third-order valence-electron chi connectivity index (χ3n) is 2.95. The number of benzene rings is 1. The molecule has 0 saturated heterocycles. The SMILES string of the molecule is O=C(COC(=O)C1CC1)Nc1nnc(-c2ccccc2)o1. The predicted octanol–water partition coefficient (Wildman–Crippen LogP) is 1.63. The number of amides is 1. The molecule has 0 aliphatic heterocycles. The van der Waals surface area contributed by atoms with Gasteiger partial charge >= 0.3 is 12.0 Å². The molecule has 1 amide bonds. The Balaban J connectivity index is 1.54. The fourth-order valence-corrected chi connectivity index (χ4v) is 1.70. The highest BCUT2D eigenvalue weighted by Crippen LogP contribution is 2.29. The summed E-state index contributed by atoms with van der Waals surface area (Å²) >= 11 is 0. The summed E-state index contributed by atoms with van der Waals surface area (Å²) < 4.78 is 10.2. The van der Waals surface area contributed by atoms with Crippen molar-refractivity contribution in [2.75, 3.05) is 11.9 Å². The molecule has 1 heterocycles. The first-order chi connectivity index (χ1) is 10.2. The zero-order valence-electron chi connectivity index (χ0n) is 11.1. The first-order valence-electron chi connectivity index (χ1n) is 6.58. The minimum absolute atomic E-state index is 0.0266. The van der Waals surface area contributed by atoms with E-state index in [2.05, 4.69) is 15.5 Å². The molecule has 21 heavy (non-hydrogen) atoms. The van der Waals surface area contributed by atoms with E-state index in [9.17, 15) is 9.59 Å². The van der Waals surface area contributed by atoms with Crippen molar-refractivity contribution in [3.63, 3.8) is 0 Å². The second-order valence-electron chi connectivity index (χ2n) is 4.71. The number of hydrogen-bond donors (Lipinski definition) is 1. The maximum absolute atomic E-state index is 11.6. The van der Waals surface area contributed by atoms with Crippen molar-refractivity contribution < 1.29 is 18.7 Å². The number of esters is 1. The van der Waals surface area contributed by atoms with Crippen LogP contribution in [0.4, 0.5) is 6.01 Å². The molecule has 0 bridgehead atoms. The lowest BCUT2D eigenvalue weighted by atomic mass is 10.2. The lowest BCUT2D eigenvalue weighted by molar-refractivity contribution is -0.148. The average Bonchev–Trinajstić information content (AvgIpc) is 3.26. The molecule has 1 saturated carbocycles. The molecule has 0 unspecified atom stereocenters. The van der Waals surface area contributed by atoms with Crippen LogP contribution >= 0.6 is 0 Å². The summed E-state index contributed by atoms with van der Waals surface area (Å²) in [5.41, 5.74) is 0.755. The van der Waals surface area contributed by atoms with Crippen LogP contribution in [0.15, 0.2) is 34.7 Å². The van der Waals surface area contributed by atoms with Gasteiger partial charge in [0.2, 0.25) is 5.89 Å². The minimum Gasteiger partial charge on any atom is -0.455 e. The van der Waals surface area contributed by atoms with Crippen LogP contribution in [0.5, 0.6) is 0 Å². The van der Waals surface area contributed by atoms with E-state index in [1.807, 2.05) is 30.3 Å². The molecule has 7 heteroatoms. The van der Waals surface area contributed by atoms with E-state index < -0.39 is 5.91 Å². The Morgan fingerprint density at radius 3 is 2.71 bits per heavy atom. The normalized spacial score (nSPS) is 13.7. The summed E-state index contributed by atoms with van der Waals surface area (Å²) in [5, 5.41) is 9.94. The van der Waals surface area contributed by atoms with E-state index in [-0.39, 0.29) is 24.5 Å². The molecule has 1 N–H and O–H groups in total. The van der Waals surface area contributed by atoms with Crippen LogP contribution < -0.4 is 5.32 Å². The zero-order valence-corrected chi connectivity index (χ0v) is 11.1. The zero-order chi connectivity index (χ0) is 14.7. The Bertz CT molecular complexity index is 649. The molecule has 0 atom stereocenters. The number of nitrogens with zero attached hydrogens (tertiary/aromatic N) is 2. The highest BCUT2D eigenvalue weighted by molar-refractivity contribution is 5.91. The van der Waals surface area contributed by atoms with Crippen molar-refractivity contribution in [3.05, 3.63) is 30.3 Å². The minimum atomic E-state index is -0.507. The van der Waals surface area contributed by atoms with Crippen LogP contribution in [-0.2, 0) is 14.3 Å². The van der Waals surface area contributed by atoms with Crippen LogP contribution in [0.1, 0.15) is 12.8 Å². The molecule has 3 rings (SSSR count). The molecule has 1 aliphatic carbocycles. The van der Waals surface area contributed by atoms with Gasteiger partial charge in [-0.05, 0) is 25.0 Å². The third-order valence-corrected chi connectivity index (χ3v) is 2.95. The molecule has 1 aromatic carbocycles. The maximum Gasteiger partial charge on any atom is 0.322 e. The van der Waals surface area contributed by atoms with Gasteiger partial charge in [-0.2, -0.15) is 0 Å². The smallest absolute Gasteiger partial charge is 0.322 e. The highest BCUT2D eigenvalue weighted by atomic mass is 16.5. The summed E-state index contributed by atoms with van der Waals surface area (Å²) in [7, 11) is 0. The first kappa shape index (κ1) is 13.3. The van der Waals surface area contributed by atoms with E-state index in [4.69, 9.17) is 9.15 Å². The van der Waals surface area contributed by atoms with Crippen LogP contribution in [0.25, 0.3) is 11.5 Å². The Morgan fingerprint density at radius 2 is 2.00 bits per heavy atom. The number of hydrogen-bond acceptors (Lipinski definition) is 6. The average molecular weight is 287 g/mol. The van der Waals surface area contributed by atoms with Crippen molar-refractivity contribution >= 4 is 17.9 Å². The van der Waals surface area contributed by atoms with Gasteiger partial charge in [-0.25, -0.2) is 0 Å². The molecule has 1 aromatic heterocycles. The molecular formula is C14H13N3O4. The van der Waals surface area contributed by atoms with Crippen molar-refractivity contribution in [2.24, 2.45) is 5.92 Å². The monoisotopic (exact) mass is 287 g/mol. The number of carbonyl (C=O) groups is 2. The quantitative estimate of drug-likeness (QED) is 0.840. The fraction of sp³-hybridized carbons (Fsp3) is 0.286. The van der Waals surface area contributed by atoms with Crippen LogP contribution in [0.3, 0.4) is 0 Å². The summed E-state index contributed by atoms with van der Waals surface area (Å²) in [6.45, 7) is -0.349. The molecule has 0 radical (unpaired) electrons. The molecule has 2 aromatic rings.